The van der Waals surface area contributed by atoms with E-state index in [0.29, 0.717) is 36.9 Å². The molecule has 0 spiro atoms. The van der Waals surface area contributed by atoms with E-state index in [4.69, 9.17) is 15.2 Å². The van der Waals surface area contributed by atoms with Gasteiger partial charge in [-0.05, 0) is 82.3 Å². The summed E-state index contributed by atoms with van der Waals surface area (Å²) in [4.78, 5) is 25.8. The van der Waals surface area contributed by atoms with Gasteiger partial charge < -0.3 is 20.5 Å². The van der Waals surface area contributed by atoms with Gasteiger partial charge in [-0.25, -0.2) is 0 Å². The monoisotopic (exact) mass is 627 g/mol. The van der Waals surface area contributed by atoms with Gasteiger partial charge in [0.15, 0.2) is 0 Å². The number of benzene rings is 3. The average molecular weight is 629 g/mol. The quantitative estimate of drug-likeness (QED) is 0.139. The van der Waals surface area contributed by atoms with Gasteiger partial charge in [0, 0.05) is 36.1 Å². The number of rotatable bonds is 10. The molecule has 8 heteroatoms. The third-order valence-corrected chi connectivity index (χ3v) is 7.87. The van der Waals surface area contributed by atoms with Crippen molar-refractivity contribution in [2.45, 2.75) is 72.4 Å². The SMILES string of the molecule is C.CCN(Cc1cc(C(=O)NCCCOC(C)=O)cc(Br)c1N)C1CCCCC1.COc1ccc2ccccc2c1. The summed E-state index contributed by atoms with van der Waals surface area (Å²) in [6.07, 6.45) is 6.95. The van der Waals surface area contributed by atoms with Crippen molar-refractivity contribution < 1.29 is 19.1 Å². The lowest BCUT2D eigenvalue weighted by atomic mass is 9.93. The number of anilines is 1. The minimum Gasteiger partial charge on any atom is -0.497 e. The standard InChI is InChI=1S/C21H32BrN3O3.C11H10O.CH4/c1-3-25(18-8-5-4-6-9-18)14-17-12-16(13-19(22)20(17)23)21(27)24-10-7-11-28-15(2)26;1-12-11-7-6-9-4-2-3-5-10(9)8-11;/h12-13,18H,3-11,14,23H2,1-2H3,(H,24,27);2-8H,1H3;1H4. The first kappa shape index (κ1) is 34.1. The fourth-order valence-electron chi connectivity index (χ4n) is 4.99. The topological polar surface area (TPSA) is 93.9 Å². The molecule has 3 N–H and O–H groups in total. The summed E-state index contributed by atoms with van der Waals surface area (Å²) in [5, 5.41) is 5.34. The highest BCUT2D eigenvalue weighted by atomic mass is 79.9. The van der Waals surface area contributed by atoms with Crippen molar-refractivity contribution in [3.63, 3.8) is 0 Å². The minimum atomic E-state index is -0.308. The highest BCUT2D eigenvalue weighted by Gasteiger charge is 2.22. The van der Waals surface area contributed by atoms with E-state index in [1.165, 1.54) is 49.8 Å². The Morgan fingerprint density at radius 1 is 1.05 bits per heavy atom. The van der Waals surface area contributed by atoms with E-state index in [-0.39, 0.29) is 19.3 Å². The molecule has 0 saturated heterocycles. The molecule has 0 bridgehead atoms. The van der Waals surface area contributed by atoms with E-state index in [1.54, 1.807) is 13.2 Å². The molecule has 1 fully saturated rings. The maximum atomic E-state index is 12.5. The molecule has 0 radical (unpaired) electrons. The van der Waals surface area contributed by atoms with E-state index in [2.05, 4.69) is 51.3 Å². The lowest BCUT2D eigenvalue weighted by Crippen LogP contribution is -2.36. The largest absolute Gasteiger partial charge is 0.497 e. The zero-order valence-electron chi connectivity index (χ0n) is 23.9. The maximum absolute atomic E-state index is 12.5. The number of hydrogen-bond donors (Lipinski definition) is 2. The molecule has 7 nitrogen and oxygen atoms in total. The van der Waals surface area contributed by atoms with Crippen LogP contribution in [0.3, 0.4) is 0 Å². The number of hydrogen-bond acceptors (Lipinski definition) is 6. The Kier molecular flexibility index (Phi) is 14.7. The van der Waals surface area contributed by atoms with Crippen molar-refractivity contribution in [2.75, 3.05) is 32.5 Å². The van der Waals surface area contributed by atoms with Gasteiger partial charge in [-0.15, -0.1) is 0 Å². The van der Waals surface area contributed by atoms with Crippen LogP contribution in [-0.2, 0) is 16.1 Å². The lowest BCUT2D eigenvalue weighted by molar-refractivity contribution is -0.140. The zero-order chi connectivity index (χ0) is 28.9. The summed E-state index contributed by atoms with van der Waals surface area (Å²) >= 11 is 3.50. The highest BCUT2D eigenvalue weighted by Crippen LogP contribution is 2.29. The summed E-state index contributed by atoms with van der Waals surface area (Å²) in [6, 6.07) is 18.6. The number of halogens is 1. The van der Waals surface area contributed by atoms with Crippen LogP contribution in [0.2, 0.25) is 0 Å². The average Bonchev–Trinajstić information content (AvgIpc) is 2.97. The number of amides is 1. The van der Waals surface area contributed by atoms with Crippen molar-refractivity contribution >= 4 is 44.3 Å². The molecule has 1 saturated carbocycles. The van der Waals surface area contributed by atoms with Crippen molar-refractivity contribution in [3.05, 3.63) is 70.2 Å². The van der Waals surface area contributed by atoms with E-state index < -0.39 is 0 Å². The first-order chi connectivity index (χ1) is 19.3. The van der Waals surface area contributed by atoms with Gasteiger partial charge in [0.25, 0.3) is 5.91 Å². The van der Waals surface area contributed by atoms with E-state index in [9.17, 15) is 9.59 Å². The molecular formula is C33H46BrN3O4. The van der Waals surface area contributed by atoms with Crippen molar-refractivity contribution in [1.29, 1.82) is 0 Å². The van der Waals surface area contributed by atoms with Gasteiger partial charge in [0.1, 0.15) is 5.75 Å². The fraction of sp³-hybridized carbons (Fsp3) is 0.455. The number of nitrogens with two attached hydrogens (primary N) is 1. The smallest absolute Gasteiger partial charge is 0.302 e. The molecule has 0 atom stereocenters. The third kappa shape index (κ3) is 10.7. The second kappa shape index (κ2) is 17.7. The molecule has 3 aromatic carbocycles. The first-order valence-corrected chi connectivity index (χ1v) is 14.9. The zero-order valence-corrected chi connectivity index (χ0v) is 25.5. The van der Waals surface area contributed by atoms with Crippen molar-refractivity contribution in [1.82, 2.24) is 10.2 Å². The molecule has 0 aromatic heterocycles. The second-order valence-electron chi connectivity index (χ2n) is 10.0. The Bertz CT molecular complexity index is 1260. The summed E-state index contributed by atoms with van der Waals surface area (Å²) in [7, 11) is 1.68. The van der Waals surface area contributed by atoms with Gasteiger partial charge >= 0.3 is 5.97 Å². The molecule has 1 aliphatic rings. The maximum Gasteiger partial charge on any atom is 0.302 e. The Morgan fingerprint density at radius 2 is 1.76 bits per heavy atom. The van der Waals surface area contributed by atoms with Crippen LogP contribution in [0.5, 0.6) is 5.75 Å². The number of methoxy groups -OCH3 is 1. The predicted octanol–water partition coefficient (Wildman–Crippen LogP) is 7.35. The number of esters is 1. The van der Waals surface area contributed by atoms with E-state index in [0.717, 1.165) is 28.9 Å². The molecular weight excluding hydrogens is 582 g/mol. The molecule has 1 amide bonds. The summed E-state index contributed by atoms with van der Waals surface area (Å²) in [5.41, 5.74) is 8.56. The molecule has 0 unspecified atom stereocenters. The first-order valence-electron chi connectivity index (χ1n) is 14.1. The predicted molar refractivity (Wildman–Crippen MR) is 172 cm³/mol. The van der Waals surface area contributed by atoms with E-state index in [1.807, 2.05) is 30.3 Å². The Balaban J connectivity index is 0.000000375. The number of nitrogen functional groups attached to an aromatic ring is 1. The number of nitrogens with one attached hydrogen (secondary N) is 1. The summed E-state index contributed by atoms with van der Waals surface area (Å²) in [6.45, 7) is 6.03. The molecule has 4 rings (SSSR count). The van der Waals surface area contributed by atoms with Crippen LogP contribution in [0.25, 0.3) is 10.8 Å². The summed E-state index contributed by atoms with van der Waals surface area (Å²) in [5.74, 6) is 0.455. The Labute approximate surface area is 253 Å². The molecule has 0 heterocycles. The van der Waals surface area contributed by atoms with Crippen LogP contribution >= 0.6 is 15.9 Å². The van der Waals surface area contributed by atoms with Crippen LogP contribution in [0.4, 0.5) is 5.69 Å². The second-order valence-corrected chi connectivity index (χ2v) is 10.9. The van der Waals surface area contributed by atoms with Crippen molar-refractivity contribution in [3.8, 4) is 5.75 Å². The minimum absolute atomic E-state index is 0. The van der Waals surface area contributed by atoms with Crippen molar-refractivity contribution in [2.24, 2.45) is 0 Å². The normalized spacial score (nSPS) is 13.1. The molecule has 224 valence electrons. The molecule has 1 aliphatic carbocycles. The highest BCUT2D eigenvalue weighted by molar-refractivity contribution is 9.10. The van der Waals surface area contributed by atoms with E-state index >= 15 is 0 Å². The Hall–Kier alpha value is -3.10. The number of nitrogens with zero attached hydrogens (tertiary/aromatic N) is 1. The third-order valence-electron chi connectivity index (χ3n) is 7.22. The molecule has 3 aromatic rings. The van der Waals surface area contributed by atoms with Gasteiger partial charge in [-0.1, -0.05) is 63.9 Å². The van der Waals surface area contributed by atoms with Gasteiger partial charge in [0.05, 0.1) is 19.4 Å². The number of ether oxygens (including phenoxy) is 2. The summed E-state index contributed by atoms with van der Waals surface area (Å²) < 4.78 is 10.7. The van der Waals surface area contributed by atoms with Crippen LogP contribution in [-0.4, -0.2) is 49.6 Å². The van der Waals surface area contributed by atoms with Crippen LogP contribution in [0.1, 0.15) is 75.7 Å². The van der Waals surface area contributed by atoms with Crippen LogP contribution in [0, 0.1) is 0 Å². The lowest BCUT2D eigenvalue weighted by Gasteiger charge is -2.34. The van der Waals surface area contributed by atoms with Crippen LogP contribution < -0.4 is 15.8 Å². The van der Waals surface area contributed by atoms with Gasteiger partial charge in [0.2, 0.25) is 0 Å². The number of carbonyl (C=O) groups excluding carboxylic acids is 2. The fourth-order valence-corrected chi connectivity index (χ4v) is 5.49. The van der Waals surface area contributed by atoms with Gasteiger partial charge in [-0.3, -0.25) is 14.5 Å². The van der Waals surface area contributed by atoms with Crippen LogP contribution in [0.15, 0.2) is 59.1 Å². The Morgan fingerprint density at radius 3 is 2.41 bits per heavy atom. The number of carbonyl (C=O) groups is 2. The molecule has 0 aliphatic heterocycles. The molecule has 41 heavy (non-hydrogen) atoms. The number of fused-ring (bicyclic) bond motifs is 1. The van der Waals surface area contributed by atoms with Gasteiger partial charge in [-0.2, -0.15) is 0 Å².